The summed E-state index contributed by atoms with van der Waals surface area (Å²) in [5.41, 5.74) is 5.48. The van der Waals surface area contributed by atoms with E-state index in [1.807, 2.05) is 66.2 Å². The lowest BCUT2D eigenvalue weighted by molar-refractivity contribution is -0.121. The van der Waals surface area contributed by atoms with Crippen molar-refractivity contribution >= 4 is 17.2 Å². The highest BCUT2D eigenvalue weighted by atomic mass is 32.1. The van der Waals surface area contributed by atoms with Crippen LogP contribution in [0.1, 0.15) is 23.1 Å². The second-order valence-electron chi connectivity index (χ2n) is 7.29. The van der Waals surface area contributed by atoms with E-state index < -0.39 is 0 Å². The monoisotopic (exact) mass is 428 g/mol. The van der Waals surface area contributed by atoms with Gasteiger partial charge in [-0.1, -0.05) is 42.5 Å². The van der Waals surface area contributed by atoms with Crippen molar-refractivity contribution in [2.45, 2.75) is 26.0 Å². The lowest BCUT2D eigenvalue weighted by Crippen LogP contribution is -2.23. The number of thiophene rings is 1. The number of carbonyl (C=O) groups excluding carboxylic acids is 1. The molecule has 31 heavy (non-hydrogen) atoms. The number of amides is 1. The molecule has 156 valence electrons. The van der Waals surface area contributed by atoms with Gasteiger partial charge in [0.2, 0.25) is 5.91 Å². The van der Waals surface area contributed by atoms with Gasteiger partial charge in [-0.3, -0.25) is 9.78 Å². The summed E-state index contributed by atoms with van der Waals surface area (Å²) in [5.74, 6) is 0.861. The fourth-order valence-electron chi connectivity index (χ4n) is 3.21. The van der Waals surface area contributed by atoms with Crippen molar-refractivity contribution in [3.63, 3.8) is 0 Å². The van der Waals surface area contributed by atoms with Crippen LogP contribution < -0.4 is 10.1 Å². The summed E-state index contributed by atoms with van der Waals surface area (Å²) in [6.07, 6.45) is 4.78. The minimum absolute atomic E-state index is 0.0327. The van der Waals surface area contributed by atoms with Crippen molar-refractivity contribution in [1.82, 2.24) is 10.3 Å². The van der Waals surface area contributed by atoms with Crippen LogP contribution in [0.15, 0.2) is 89.9 Å². The number of nitrogens with one attached hydrogen (secondary N) is 1. The molecule has 2 heterocycles. The smallest absolute Gasteiger partial charge is 0.220 e. The van der Waals surface area contributed by atoms with Gasteiger partial charge in [-0.2, -0.15) is 11.3 Å². The zero-order valence-corrected chi connectivity index (χ0v) is 18.0. The predicted octanol–water partition coefficient (Wildman–Crippen LogP) is 5.64. The molecule has 0 saturated carbocycles. The van der Waals surface area contributed by atoms with Gasteiger partial charge in [0.25, 0.3) is 0 Å². The van der Waals surface area contributed by atoms with Gasteiger partial charge in [0.15, 0.2) is 0 Å². The van der Waals surface area contributed by atoms with Crippen molar-refractivity contribution in [1.29, 1.82) is 0 Å². The van der Waals surface area contributed by atoms with Gasteiger partial charge in [0.1, 0.15) is 12.4 Å². The lowest BCUT2D eigenvalue weighted by atomic mass is 10.1. The van der Waals surface area contributed by atoms with Gasteiger partial charge in [-0.15, -0.1) is 0 Å². The number of aromatic nitrogens is 1. The van der Waals surface area contributed by atoms with Crippen molar-refractivity contribution in [2.24, 2.45) is 0 Å². The van der Waals surface area contributed by atoms with E-state index >= 15 is 0 Å². The van der Waals surface area contributed by atoms with Gasteiger partial charge in [0, 0.05) is 30.9 Å². The summed E-state index contributed by atoms with van der Waals surface area (Å²) in [4.78, 5) is 16.6. The highest BCUT2D eigenvalue weighted by molar-refractivity contribution is 7.08. The molecule has 4 aromatic rings. The Morgan fingerprint density at radius 3 is 2.52 bits per heavy atom. The fraction of sp³-hybridized carbons (Fsp3) is 0.154. The number of hydrogen-bond acceptors (Lipinski definition) is 4. The highest BCUT2D eigenvalue weighted by Gasteiger charge is 2.05. The van der Waals surface area contributed by atoms with Crippen LogP contribution in [0, 0.1) is 0 Å². The molecule has 0 aliphatic carbocycles. The van der Waals surface area contributed by atoms with E-state index in [0.29, 0.717) is 26.0 Å². The largest absolute Gasteiger partial charge is 0.489 e. The fourth-order valence-corrected chi connectivity index (χ4v) is 3.88. The van der Waals surface area contributed by atoms with Crippen molar-refractivity contribution < 1.29 is 9.53 Å². The third-order valence-corrected chi connectivity index (χ3v) is 5.63. The van der Waals surface area contributed by atoms with Crippen LogP contribution in [0.2, 0.25) is 0 Å². The molecule has 0 fully saturated rings. The van der Waals surface area contributed by atoms with Crippen LogP contribution in [0.3, 0.4) is 0 Å². The maximum absolute atomic E-state index is 12.3. The first-order valence-corrected chi connectivity index (χ1v) is 11.2. The second kappa shape index (κ2) is 10.5. The molecule has 2 aromatic heterocycles. The average molecular weight is 429 g/mol. The molecule has 1 amide bonds. The van der Waals surface area contributed by atoms with Gasteiger partial charge in [-0.05, 0) is 63.7 Å². The normalized spacial score (nSPS) is 10.6. The average Bonchev–Trinajstić information content (AvgIpc) is 3.37. The molecule has 1 N–H and O–H groups in total. The molecule has 0 atom stereocenters. The Morgan fingerprint density at radius 1 is 0.903 bits per heavy atom. The molecule has 0 spiro atoms. The van der Waals surface area contributed by atoms with E-state index in [1.54, 1.807) is 17.5 Å². The summed E-state index contributed by atoms with van der Waals surface area (Å²) >= 11 is 1.66. The number of benzene rings is 2. The van der Waals surface area contributed by atoms with E-state index in [0.717, 1.165) is 33.6 Å². The minimum atomic E-state index is 0.0327. The molecule has 4 nitrogen and oxygen atoms in total. The Kier molecular flexibility index (Phi) is 7.08. The van der Waals surface area contributed by atoms with Crippen LogP contribution in [-0.2, 0) is 24.4 Å². The summed E-state index contributed by atoms with van der Waals surface area (Å²) in [5, 5.41) is 7.13. The number of nitrogens with zero attached hydrogens (tertiary/aromatic N) is 1. The maximum atomic E-state index is 12.3. The SMILES string of the molecule is O=C(CCc1ccc(OCc2ccccc2)cc1)NCc1cncc(-c2ccsc2)c1. The standard InChI is InChI=1S/C26H24N2O2S/c29-26(28-16-22-14-24(17-27-15-22)23-12-13-31-19-23)11-8-20-6-9-25(10-7-20)30-18-21-4-2-1-3-5-21/h1-7,9-10,12-15,17,19H,8,11,16,18H2,(H,28,29). The first-order valence-electron chi connectivity index (χ1n) is 10.2. The van der Waals surface area contributed by atoms with Gasteiger partial charge in [0.05, 0.1) is 0 Å². The Bertz CT molecular complexity index is 1090. The number of rotatable bonds is 9. The molecule has 0 saturated heterocycles. The highest BCUT2D eigenvalue weighted by Crippen LogP contribution is 2.22. The zero-order valence-electron chi connectivity index (χ0n) is 17.2. The van der Waals surface area contributed by atoms with E-state index in [1.165, 1.54) is 0 Å². The molecular formula is C26H24N2O2S. The van der Waals surface area contributed by atoms with Crippen LogP contribution in [0.5, 0.6) is 5.75 Å². The van der Waals surface area contributed by atoms with Crippen molar-refractivity contribution in [2.75, 3.05) is 0 Å². The zero-order chi connectivity index (χ0) is 21.3. The van der Waals surface area contributed by atoms with Crippen molar-refractivity contribution in [3.05, 3.63) is 107 Å². The summed E-state index contributed by atoms with van der Waals surface area (Å²) in [6, 6.07) is 22.2. The molecule has 0 unspecified atom stereocenters. The van der Waals surface area contributed by atoms with Gasteiger partial charge < -0.3 is 10.1 Å². The number of ether oxygens (including phenoxy) is 1. The van der Waals surface area contributed by atoms with Crippen LogP contribution in [0.25, 0.3) is 11.1 Å². The van der Waals surface area contributed by atoms with E-state index in [4.69, 9.17) is 4.74 Å². The van der Waals surface area contributed by atoms with Gasteiger partial charge >= 0.3 is 0 Å². The Balaban J connectivity index is 1.21. The van der Waals surface area contributed by atoms with Crippen LogP contribution >= 0.6 is 11.3 Å². The number of hydrogen-bond donors (Lipinski definition) is 1. The molecule has 0 bridgehead atoms. The second-order valence-corrected chi connectivity index (χ2v) is 8.07. The number of pyridine rings is 1. The topological polar surface area (TPSA) is 51.2 Å². The molecule has 0 aliphatic heterocycles. The number of aryl methyl sites for hydroxylation is 1. The first kappa shape index (κ1) is 20.8. The summed E-state index contributed by atoms with van der Waals surface area (Å²) in [7, 11) is 0. The first-order chi connectivity index (χ1) is 15.3. The predicted molar refractivity (Wildman–Crippen MR) is 125 cm³/mol. The third kappa shape index (κ3) is 6.27. The minimum Gasteiger partial charge on any atom is -0.489 e. The van der Waals surface area contributed by atoms with Crippen LogP contribution in [0.4, 0.5) is 0 Å². The Labute approximate surface area is 186 Å². The number of carbonyl (C=O) groups is 1. The molecule has 0 aliphatic rings. The Hall–Kier alpha value is -3.44. The lowest BCUT2D eigenvalue weighted by Gasteiger charge is -2.08. The molecule has 4 rings (SSSR count). The molecule has 0 radical (unpaired) electrons. The van der Waals surface area contributed by atoms with Gasteiger partial charge in [-0.25, -0.2) is 0 Å². The van der Waals surface area contributed by atoms with Crippen LogP contribution in [-0.4, -0.2) is 10.9 Å². The van der Waals surface area contributed by atoms with Crippen molar-refractivity contribution in [3.8, 4) is 16.9 Å². The maximum Gasteiger partial charge on any atom is 0.220 e. The van der Waals surface area contributed by atoms with E-state index in [9.17, 15) is 4.79 Å². The molecule has 5 heteroatoms. The summed E-state index contributed by atoms with van der Waals surface area (Å²) < 4.78 is 5.81. The van der Waals surface area contributed by atoms with E-state index in [-0.39, 0.29) is 5.91 Å². The third-order valence-electron chi connectivity index (χ3n) is 4.95. The quantitative estimate of drug-likeness (QED) is 0.375. The molecule has 2 aromatic carbocycles. The van der Waals surface area contributed by atoms with E-state index in [2.05, 4.69) is 27.8 Å². The summed E-state index contributed by atoms with van der Waals surface area (Å²) in [6.45, 7) is 1.03. The molecular weight excluding hydrogens is 404 g/mol. The Morgan fingerprint density at radius 2 is 1.74 bits per heavy atom.